The van der Waals surface area contributed by atoms with Crippen molar-refractivity contribution in [3.05, 3.63) is 0 Å². The largest absolute Gasteiger partial charge is 0.370 e. The van der Waals surface area contributed by atoms with Crippen molar-refractivity contribution < 1.29 is 0 Å². The lowest BCUT2D eigenvalue weighted by Gasteiger charge is -2.21. The Morgan fingerprint density at radius 1 is 1.50 bits per heavy atom. The molecule has 0 saturated carbocycles. The SMILES string of the molecule is CCC1CCN(C(N)=NC(C)(C)C)C1. The van der Waals surface area contributed by atoms with Gasteiger partial charge in [0.05, 0.1) is 5.54 Å². The molecular formula is C11H23N3. The van der Waals surface area contributed by atoms with Crippen molar-refractivity contribution in [1.29, 1.82) is 0 Å². The maximum Gasteiger partial charge on any atom is 0.191 e. The van der Waals surface area contributed by atoms with E-state index in [1.807, 2.05) is 0 Å². The maximum absolute atomic E-state index is 5.96. The molecule has 1 aliphatic heterocycles. The minimum Gasteiger partial charge on any atom is -0.370 e. The van der Waals surface area contributed by atoms with Crippen LogP contribution in [0, 0.1) is 5.92 Å². The Hall–Kier alpha value is -0.730. The predicted octanol–water partition coefficient (Wildman–Crippen LogP) is 1.83. The van der Waals surface area contributed by atoms with Crippen LogP contribution in [0.5, 0.6) is 0 Å². The summed E-state index contributed by atoms with van der Waals surface area (Å²) in [5.74, 6) is 1.53. The quantitative estimate of drug-likeness (QED) is 0.515. The van der Waals surface area contributed by atoms with Crippen molar-refractivity contribution in [1.82, 2.24) is 4.90 Å². The summed E-state index contributed by atoms with van der Waals surface area (Å²) in [5.41, 5.74) is 5.90. The van der Waals surface area contributed by atoms with Crippen LogP contribution in [-0.2, 0) is 0 Å². The number of aliphatic imine (C=N–C) groups is 1. The third-order valence-electron chi connectivity index (χ3n) is 2.64. The van der Waals surface area contributed by atoms with Gasteiger partial charge in [0.2, 0.25) is 0 Å². The molecule has 1 rings (SSSR count). The molecule has 0 aromatic carbocycles. The van der Waals surface area contributed by atoms with Crippen LogP contribution >= 0.6 is 0 Å². The molecule has 1 aliphatic rings. The predicted molar refractivity (Wildman–Crippen MR) is 61.3 cm³/mol. The second kappa shape index (κ2) is 4.20. The van der Waals surface area contributed by atoms with Crippen molar-refractivity contribution >= 4 is 5.96 Å². The van der Waals surface area contributed by atoms with E-state index in [1.54, 1.807) is 0 Å². The molecule has 0 amide bonds. The molecule has 0 radical (unpaired) electrons. The van der Waals surface area contributed by atoms with Crippen LogP contribution in [0.2, 0.25) is 0 Å². The number of likely N-dealkylation sites (tertiary alicyclic amines) is 1. The van der Waals surface area contributed by atoms with Crippen molar-refractivity contribution in [2.75, 3.05) is 13.1 Å². The van der Waals surface area contributed by atoms with E-state index in [9.17, 15) is 0 Å². The minimum absolute atomic E-state index is 0.0611. The van der Waals surface area contributed by atoms with E-state index in [2.05, 4.69) is 37.6 Å². The lowest BCUT2D eigenvalue weighted by Crippen LogP contribution is -2.37. The Kier molecular flexibility index (Phi) is 3.40. The van der Waals surface area contributed by atoms with Gasteiger partial charge in [-0.3, -0.25) is 0 Å². The molecule has 0 spiro atoms. The summed E-state index contributed by atoms with van der Waals surface area (Å²) in [6, 6.07) is 0. The number of hydrogen-bond donors (Lipinski definition) is 1. The molecule has 1 fully saturated rings. The fourth-order valence-corrected chi connectivity index (χ4v) is 1.79. The highest BCUT2D eigenvalue weighted by atomic mass is 15.3. The van der Waals surface area contributed by atoms with Crippen molar-refractivity contribution in [2.24, 2.45) is 16.6 Å². The molecule has 1 heterocycles. The summed E-state index contributed by atoms with van der Waals surface area (Å²) in [6.45, 7) is 10.6. The third kappa shape index (κ3) is 3.20. The van der Waals surface area contributed by atoms with Gasteiger partial charge in [-0.15, -0.1) is 0 Å². The summed E-state index contributed by atoms with van der Waals surface area (Å²) in [7, 11) is 0. The number of nitrogens with two attached hydrogens (primary N) is 1. The summed E-state index contributed by atoms with van der Waals surface area (Å²) < 4.78 is 0. The summed E-state index contributed by atoms with van der Waals surface area (Å²) in [4.78, 5) is 6.69. The van der Waals surface area contributed by atoms with Gasteiger partial charge in [0.15, 0.2) is 5.96 Å². The van der Waals surface area contributed by atoms with Crippen molar-refractivity contribution in [2.45, 2.75) is 46.1 Å². The zero-order valence-corrected chi connectivity index (χ0v) is 9.88. The fraction of sp³-hybridized carbons (Fsp3) is 0.909. The zero-order chi connectivity index (χ0) is 10.8. The molecule has 1 saturated heterocycles. The normalized spacial score (nSPS) is 24.4. The summed E-state index contributed by atoms with van der Waals surface area (Å²) in [6.07, 6.45) is 2.51. The number of hydrogen-bond acceptors (Lipinski definition) is 1. The lowest BCUT2D eigenvalue weighted by atomic mass is 10.1. The Bertz CT molecular complexity index is 215. The number of rotatable bonds is 1. The van der Waals surface area contributed by atoms with Gasteiger partial charge < -0.3 is 10.6 Å². The van der Waals surface area contributed by atoms with E-state index >= 15 is 0 Å². The highest BCUT2D eigenvalue weighted by Gasteiger charge is 2.23. The molecule has 14 heavy (non-hydrogen) atoms. The Balaban J connectivity index is 2.55. The van der Waals surface area contributed by atoms with Gasteiger partial charge in [-0.1, -0.05) is 13.3 Å². The maximum atomic E-state index is 5.96. The standard InChI is InChI=1S/C11H23N3/c1-5-9-6-7-14(8-9)10(12)13-11(2,3)4/h9H,5-8H2,1-4H3,(H2,12,13). The number of guanidine groups is 1. The van der Waals surface area contributed by atoms with Crippen molar-refractivity contribution in [3.8, 4) is 0 Å². The number of nitrogens with zero attached hydrogens (tertiary/aromatic N) is 2. The average molecular weight is 197 g/mol. The van der Waals surface area contributed by atoms with Gasteiger partial charge in [-0.25, -0.2) is 4.99 Å². The highest BCUT2D eigenvalue weighted by molar-refractivity contribution is 5.78. The van der Waals surface area contributed by atoms with Crippen LogP contribution in [-0.4, -0.2) is 29.5 Å². The first-order chi connectivity index (χ1) is 6.42. The first-order valence-electron chi connectivity index (χ1n) is 5.52. The molecule has 0 aliphatic carbocycles. The van der Waals surface area contributed by atoms with Gasteiger partial charge in [-0.2, -0.15) is 0 Å². The molecule has 0 aromatic rings. The van der Waals surface area contributed by atoms with Gasteiger partial charge in [-0.05, 0) is 33.1 Å². The van der Waals surface area contributed by atoms with Gasteiger partial charge in [0.25, 0.3) is 0 Å². The Morgan fingerprint density at radius 2 is 2.14 bits per heavy atom. The second-order valence-electron chi connectivity index (χ2n) is 5.15. The minimum atomic E-state index is -0.0611. The molecule has 1 unspecified atom stereocenters. The highest BCUT2D eigenvalue weighted by Crippen LogP contribution is 2.19. The van der Waals surface area contributed by atoms with Gasteiger partial charge in [0.1, 0.15) is 0 Å². The monoisotopic (exact) mass is 197 g/mol. The Labute approximate surface area is 87.4 Å². The first kappa shape index (κ1) is 11.3. The molecule has 2 N–H and O–H groups in total. The zero-order valence-electron chi connectivity index (χ0n) is 9.88. The molecule has 0 aromatic heterocycles. The molecular weight excluding hydrogens is 174 g/mol. The van der Waals surface area contributed by atoms with E-state index in [4.69, 9.17) is 5.73 Å². The molecule has 3 heteroatoms. The first-order valence-corrected chi connectivity index (χ1v) is 5.52. The molecule has 0 bridgehead atoms. The topological polar surface area (TPSA) is 41.6 Å². The van der Waals surface area contributed by atoms with Crippen LogP contribution in [0.4, 0.5) is 0 Å². The lowest BCUT2D eigenvalue weighted by molar-refractivity contribution is 0.455. The Morgan fingerprint density at radius 3 is 2.57 bits per heavy atom. The fourth-order valence-electron chi connectivity index (χ4n) is 1.79. The van der Waals surface area contributed by atoms with E-state index < -0.39 is 0 Å². The molecule has 82 valence electrons. The smallest absolute Gasteiger partial charge is 0.191 e. The van der Waals surface area contributed by atoms with Crippen LogP contribution in [0.3, 0.4) is 0 Å². The van der Waals surface area contributed by atoms with E-state index in [-0.39, 0.29) is 5.54 Å². The second-order valence-corrected chi connectivity index (χ2v) is 5.15. The van der Waals surface area contributed by atoms with Gasteiger partial charge in [0, 0.05) is 13.1 Å². The molecule has 3 nitrogen and oxygen atoms in total. The van der Waals surface area contributed by atoms with Crippen LogP contribution < -0.4 is 5.73 Å². The molecule has 1 atom stereocenters. The van der Waals surface area contributed by atoms with E-state index in [0.717, 1.165) is 19.0 Å². The van der Waals surface area contributed by atoms with Gasteiger partial charge >= 0.3 is 0 Å². The summed E-state index contributed by atoms with van der Waals surface area (Å²) >= 11 is 0. The van der Waals surface area contributed by atoms with E-state index in [0.29, 0.717) is 5.96 Å². The van der Waals surface area contributed by atoms with Crippen LogP contribution in [0.15, 0.2) is 4.99 Å². The van der Waals surface area contributed by atoms with Crippen LogP contribution in [0.1, 0.15) is 40.5 Å². The third-order valence-corrected chi connectivity index (χ3v) is 2.64. The van der Waals surface area contributed by atoms with Crippen LogP contribution in [0.25, 0.3) is 0 Å². The summed E-state index contributed by atoms with van der Waals surface area (Å²) in [5, 5.41) is 0. The van der Waals surface area contributed by atoms with Crippen molar-refractivity contribution in [3.63, 3.8) is 0 Å². The van der Waals surface area contributed by atoms with E-state index in [1.165, 1.54) is 12.8 Å². The average Bonchev–Trinajstić information content (AvgIpc) is 2.48.